The Hall–Kier alpha value is -1.11. The van der Waals surface area contributed by atoms with Gasteiger partial charge in [-0.15, -0.1) is 0 Å². The molecule has 0 fully saturated rings. The number of hydrogen-bond acceptors (Lipinski definition) is 4. The molecule has 0 saturated heterocycles. The van der Waals surface area contributed by atoms with Gasteiger partial charge in [0.1, 0.15) is 0 Å². The number of ether oxygens (including phenoxy) is 1. The van der Waals surface area contributed by atoms with Crippen LogP contribution in [-0.2, 0) is 14.8 Å². The number of esters is 1. The van der Waals surface area contributed by atoms with Crippen molar-refractivity contribution in [3.8, 4) is 0 Å². The zero-order chi connectivity index (χ0) is 17.6. The quantitative estimate of drug-likeness (QED) is 0.664. The molecule has 0 unspecified atom stereocenters. The van der Waals surface area contributed by atoms with Crippen LogP contribution in [-0.4, -0.2) is 38.4 Å². The molecular formula is C16H24ClNO4S. The topological polar surface area (TPSA) is 63.7 Å². The van der Waals surface area contributed by atoms with E-state index in [1.807, 2.05) is 13.8 Å². The molecule has 1 rings (SSSR count). The van der Waals surface area contributed by atoms with Gasteiger partial charge in [-0.3, -0.25) is 0 Å². The minimum atomic E-state index is -3.64. The Morgan fingerprint density at radius 3 is 2.39 bits per heavy atom. The van der Waals surface area contributed by atoms with E-state index in [0.29, 0.717) is 19.0 Å². The van der Waals surface area contributed by atoms with Gasteiger partial charge in [0.05, 0.1) is 22.1 Å². The summed E-state index contributed by atoms with van der Waals surface area (Å²) in [4.78, 5) is 12.2. The van der Waals surface area contributed by atoms with Gasteiger partial charge in [-0.05, 0) is 30.5 Å². The first-order valence-electron chi connectivity index (χ1n) is 7.70. The number of nitrogens with zero attached hydrogens (tertiary/aromatic N) is 1. The molecule has 0 saturated carbocycles. The van der Waals surface area contributed by atoms with Crippen LogP contribution in [0, 0.1) is 5.92 Å². The molecule has 7 heteroatoms. The van der Waals surface area contributed by atoms with Crippen LogP contribution < -0.4 is 0 Å². The number of carbonyl (C=O) groups is 1. The van der Waals surface area contributed by atoms with Gasteiger partial charge in [0.15, 0.2) is 0 Å². The van der Waals surface area contributed by atoms with Crippen molar-refractivity contribution in [1.82, 2.24) is 4.31 Å². The number of rotatable bonds is 8. The molecule has 0 aliphatic carbocycles. The van der Waals surface area contributed by atoms with Gasteiger partial charge < -0.3 is 4.74 Å². The minimum Gasteiger partial charge on any atom is -0.462 e. The lowest BCUT2D eigenvalue weighted by molar-refractivity contribution is 0.0488. The lowest BCUT2D eigenvalue weighted by Crippen LogP contribution is -2.30. The normalized spacial score (nSPS) is 12.0. The van der Waals surface area contributed by atoms with Gasteiger partial charge in [-0.25, -0.2) is 13.2 Å². The Kier molecular flexibility index (Phi) is 7.51. The third-order valence-electron chi connectivity index (χ3n) is 3.43. The maximum absolute atomic E-state index is 12.5. The first-order valence-corrected chi connectivity index (χ1v) is 9.52. The first kappa shape index (κ1) is 19.9. The Morgan fingerprint density at radius 1 is 1.26 bits per heavy atom. The molecule has 130 valence electrons. The molecule has 1 aromatic carbocycles. The van der Waals surface area contributed by atoms with E-state index in [9.17, 15) is 13.2 Å². The SMILES string of the molecule is CCN(CC)S(=O)(=O)c1ccc(Cl)c(C(=O)OCCC(C)C)c1. The van der Waals surface area contributed by atoms with Gasteiger partial charge in [-0.1, -0.05) is 39.3 Å². The van der Waals surface area contributed by atoms with Crippen LogP contribution in [0.4, 0.5) is 0 Å². The van der Waals surface area contributed by atoms with Crippen molar-refractivity contribution in [3.63, 3.8) is 0 Å². The highest BCUT2D eigenvalue weighted by atomic mass is 35.5. The third kappa shape index (κ3) is 5.19. The molecule has 5 nitrogen and oxygen atoms in total. The van der Waals surface area contributed by atoms with Gasteiger partial charge >= 0.3 is 5.97 Å². The molecule has 0 bridgehead atoms. The summed E-state index contributed by atoms with van der Waals surface area (Å²) in [6.07, 6.45) is 0.737. The van der Waals surface area contributed by atoms with Crippen molar-refractivity contribution in [2.45, 2.75) is 39.0 Å². The predicted octanol–water partition coefficient (Wildman–Crippen LogP) is 3.57. The number of benzene rings is 1. The maximum Gasteiger partial charge on any atom is 0.339 e. The second-order valence-electron chi connectivity index (χ2n) is 5.55. The van der Waals surface area contributed by atoms with Crippen LogP contribution in [0.1, 0.15) is 44.5 Å². The Bertz CT molecular complexity index is 639. The first-order chi connectivity index (χ1) is 10.7. The van der Waals surface area contributed by atoms with Crippen LogP contribution in [0.3, 0.4) is 0 Å². The van der Waals surface area contributed by atoms with E-state index in [-0.39, 0.29) is 22.1 Å². The Labute approximate surface area is 143 Å². The fourth-order valence-corrected chi connectivity index (χ4v) is 3.68. The summed E-state index contributed by atoms with van der Waals surface area (Å²) < 4.78 is 31.5. The van der Waals surface area contributed by atoms with Crippen molar-refractivity contribution >= 4 is 27.6 Å². The molecule has 0 aromatic heterocycles. The monoisotopic (exact) mass is 361 g/mol. The number of halogens is 1. The highest BCUT2D eigenvalue weighted by Crippen LogP contribution is 2.23. The Morgan fingerprint density at radius 2 is 1.87 bits per heavy atom. The second-order valence-corrected chi connectivity index (χ2v) is 7.89. The lowest BCUT2D eigenvalue weighted by atomic mass is 10.1. The Balaban J connectivity index is 3.06. The largest absolute Gasteiger partial charge is 0.462 e. The zero-order valence-electron chi connectivity index (χ0n) is 14.0. The minimum absolute atomic E-state index is 0.0430. The van der Waals surface area contributed by atoms with Gasteiger partial charge in [0, 0.05) is 13.1 Å². The second kappa shape index (κ2) is 8.66. The molecule has 0 spiro atoms. The van der Waals surface area contributed by atoms with E-state index in [2.05, 4.69) is 0 Å². The van der Waals surface area contributed by atoms with E-state index in [1.54, 1.807) is 13.8 Å². The summed E-state index contributed by atoms with van der Waals surface area (Å²) in [6.45, 7) is 8.57. The molecule has 0 N–H and O–H groups in total. The van der Waals surface area contributed by atoms with Crippen molar-refractivity contribution in [3.05, 3.63) is 28.8 Å². The smallest absolute Gasteiger partial charge is 0.339 e. The molecule has 0 amide bonds. The van der Waals surface area contributed by atoms with Crippen LogP contribution in [0.2, 0.25) is 5.02 Å². The van der Waals surface area contributed by atoms with E-state index < -0.39 is 16.0 Å². The fourth-order valence-electron chi connectivity index (χ4n) is 2.00. The summed E-state index contributed by atoms with van der Waals surface area (Å²) in [5.41, 5.74) is 0.0728. The molecule has 23 heavy (non-hydrogen) atoms. The van der Waals surface area contributed by atoms with Crippen LogP contribution in [0.5, 0.6) is 0 Å². The standard InChI is InChI=1S/C16H24ClNO4S/c1-5-18(6-2)23(20,21)13-7-8-15(17)14(11-13)16(19)22-10-9-12(3)4/h7-8,11-12H,5-6,9-10H2,1-4H3. The van der Waals surface area contributed by atoms with Crippen molar-refractivity contribution in [1.29, 1.82) is 0 Å². The molecule has 1 aromatic rings. The molecule has 0 aliphatic heterocycles. The molecule has 0 atom stereocenters. The molecule has 0 aliphatic rings. The zero-order valence-corrected chi connectivity index (χ0v) is 15.6. The van der Waals surface area contributed by atoms with E-state index in [0.717, 1.165) is 6.42 Å². The number of carbonyl (C=O) groups excluding carboxylic acids is 1. The number of hydrogen-bond donors (Lipinski definition) is 0. The maximum atomic E-state index is 12.5. The fraction of sp³-hybridized carbons (Fsp3) is 0.562. The third-order valence-corrected chi connectivity index (χ3v) is 5.80. The van der Waals surface area contributed by atoms with E-state index >= 15 is 0 Å². The lowest BCUT2D eigenvalue weighted by Gasteiger charge is -2.19. The van der Waals surface area contributed by atoms with Crippen LogP contribution >= 0.6 is 11.6 Å². The molecular weight excluding hydrogens is 338 g/mol. The van der Waals surface area contributed by atoms with Crippen molar-refractivity contribution < 1.29 is 17.9 Å². The summed E-state index contributed by atoms with van der Waals surface area (Å²) in [5, 5.41) is 0.179. The summed E-state index contributed by atoms with van der Waals surface area (Å²) >= 11 is 6.02. The average molecular weight is 362 g/mol. The van der Waals surface area contributed by atoms with Crippen LogP contribution in [0.25, 0.3) is 0 Å². The summed E-state index contributed by atoms with van der Waals surface area (Å²) in [7, 11) is -3.64. The van der Waals surface area contributed by atoms with Crippen molar-refractivity contribution in [2.75, 3.05) is 19.7 Å². The predicted molar refractivity (Wildman–Crippen MR) is 91.3 cm³/mol. The van der Waals surface area contributed by atoms with Gasteiger partial charge in [-0.2, -0.15) is 4.31 Å². The van der Waals surface area contributed by atoms with Gasteiger partial charge in [0.25, 0.3) is 0 Å². The highest BCUT2D eigenvalue weighted by molar-refractivity contribution is 7.89. The highest BCUT2D eigenvalue weighted by Gasteiger charge is 2.24. The summed E-state index contributed by atoms with van der Waals surface area (Å²) in [6, 6.07) is 4.10. The summed E-state index contributed by atoms with van der Waals surface area (Å²) in [5.74, 6) is -0.195. The number of sulfonamides is 1. The van der Waals surface area contributed by atoms with Crippen molar-refractivity contribution in [2.24, 2.45) is 5.92 Å². The van der Waals surface area contributed by atoms with Crippen LogP contribution in [0.15, 0.2) is 23.1 Å². The molecule has 0 heterocycles. The van der Waals surface area contributed by atoms with E-state index in [1.165, 1.54) is 22.5 Å². The van der Waals surface area contributed by atoms with E-state index in [4.69, 9.17) is 16.3 Å². The van der Waals surface area contributed by atoms with Gasteiger partial charge in [0.2, 0.25) is 10.0 Å². The molecule has 0 radical (unpaired) electrons. The average Bonchev–Trinajstić information content (AvgIpc) is 2.47.